The van der Waals surface area contributed by atoms with Crippen LogP contribution in [0.2, 0.25) is 5.02 Å². The van der Waals surface area contributed by atoms with Crippen LogP contribution in [0.1, 0.15) is 10.4 Å². The van der Waals surface area contributed by atoms with Gasteiger partial charge in [-0.1, -0.05) is 35.9 Å². The van der Waals surface area contributed by atoms with Crippen LogP contribution < -0.4 is 14.4 Å². The van der Waals surface area contributed by atoms with Crippen LogP contribution in [0, 0.1) is 0 Å². The van der Waals surface area contributed by atoms with E-state index >= 15 is 0 Å². The highest BCUT2D eigenvalue weighted by Gasteiger charge is 2.27. The summed E-state index contributed by atoms with van der Waals surface area (Å²) in [5, 5.41) is 10.4. The van der Waals surface area contributed by atoms with Gasteiger partial charge >= 0.3 is 0 Å². The first-order valence-electron chi connectivity index (χ1n) is 7.89. The van der Waals surface area contributed by atoms with Crippen LogP contribution in [-0.2, 0) is 0 Å². The zero-order valence-corrected chi connectivity index (χ0v) is 15.3. The Bertz CT molecular complexity index is 958. The fraction of sp³-hybridized carbons (Fsp3) is 0.105. The van der Waals surface area contributed by atoms with Gasteiger partial charge in [-0.15, -0.1) is 0 Å². The summed E-state index contributed by atoms with van der Waals surface area (Å²) in [5.41, 5.74) is 0.422. The Labute approximate surface area is 160 Å². The van der Waals surface area contributed by atoms with Gasteiger partial charge < -0.3 is 14.6 Å². The number of amides is 1. The summed E-state index contributed by atoms with van der Waals surface area (Å²) >= 11 is 6.31. The van der Waals surface area contributed by atoms with Crippen molar-refractivity contribution in [3.8, 4) is 17.5 Å². The molecule has 0 aliphatic heterocycles. The minimum atomic E-state index is -0.559. The van der Waals surface area contributed by atoms with Crippen LogP contribution >= 0.6 is 11.6 Å². The molecule has 0 fully saturated rings. The number of phenolic OH excluding ortho intramolecular Hbond substituents is 1. The van der Waals surface area contributed by atoms with Crippen molar-refractivity contribution in [2.75, 3.05) is 19.1 Å². The maximum atomic E-state index is 13.3. The van der Waals surface area contributed by atoms with Crippen LogP contribution in [0.15, 0.2) is 54.6 Å². The fourth-order valence-electron chi connectivity index (χ4n) is 2.42. The third-order valence-electron chi connectivity index (χ3n) is 3.72. The van der Waals surface area contributed by atoms with Crippen molar-refractivity contribution in [3.63, 3.8) is 0 Å². The molecule has 7 nitrogen and oxygen atoms in total. The Morgan fingerprint density at radius 1 is 1.00 bits per heavy atom. The van der Waals surface area contributed by atoms with Crippen LogP contribution in [0.3, 0.4) is 0 Å². The largest absolute Gasteiger partial charge is 0.507 e. The van der Waals surface area contributed by atoms with Gasteiger partial charge in [0.05, 0.1) is 36.6 Å². The second-order valence-electron chi connectivity index (χ2n) is 5.36. The lowest BCUT2D eigenvalue weighted by molar-refractivity contribution is 0.0995. The average molecular weight is 386 g/mol. The number of rotatable bonds is 5. The lowest BCUT2D eigenvalue weighted by Gasteiger charge is -2.23. The summed E-state index contributed by atoms with van der Waals surface area (Å²) in [5.74, 6) is -0.323. The zero-order valence-electron chi connectivity index (χ0n) is 14.6. The monoisotopic (exact) mass is 385 g/mol. The Hall–Kier alpha value is -3.32. The molecule has 0 aliphatic carbocycles. The SMILES string of the molecule is COc1cc(OC)nc(N(C(=O)c2ccccc2O)c2ccccc2Cl)n1. The summed E-state index contributed by atoms with van der Waals surface area (Å²) in [6, 6.07) is 14.4. The van der Waals surface area contributed by atoms with Crippen LogP contribution in [-0.4, -0.2) is 35.2 Å². The van der Waals surface area contributed by atoms with Gasteiger partial charge in [-0.2, -0.15) is 9.97 Å². The number of phenols is 1. The number of benzene rings is 2. The van der Waals surface area contributed by atoms with Crippen molar-refractivity contribution < 1.29 is 19.4 Å². The van der Waals surface area contributed by atoms with Gasteiger partial charge in [-0.05, 0) is 24.3 Å². The third kappa shape index (κ3) is 3.78. The van der Waals surface area contributed by atoms with Gasteiger partial charge in [-0.25, -0.2) is 4.90 Å². The number of para-hydroxylation sites is 2. The number of nitrogens with zero attached hydrogens (tertiary/aromatic N) is 3. The molecule has 0 saturated heterocycles. The van der Waals surface area contributed by atoms with E-state index in [0.717, 1.165) is 0 Å². The van der Waals surface area contributed by atoms with Gasteiger partial charge in [0, 0.05) is 0 Å². The second kappa shape index (κ2) is 7.92. The molecule has 3 aromatic rings. The summed E-state index contributed by atoms with van der Waals surface area (Å²) in [7, 11) is 2.88. The first-order chi connectivity index (χ1) is 13.0. The number of halogens is 1. The summed E-state index contributed by atoms with van der Waals surface area (Å²) in [6.45, 7) is 0. The first kappa shape index (κ1) is 18.5. The highest BCUT2D eigenvalue weighted by molar-refractivity contribution is 6.34. The second-order valence-corrected chi connectivity index (χ2v) is 5.77. The minimum Gasteiger partial charge on any atom is -0.507 e. The van der Waals surface area contributed by atoms with Crippen LogP contribution in [0.25, 0.3) is 0 Å². The van der Waals surface area contributed by atoms with Crippen molar-refractivity contribution in [2.45, 2.75) is 0 Å². The predicted molar refractivity (Wildman–Crippen MR) is 101 cm³/mol. The van der Waals surface area contributed by atoms with E-state index in [2.05, 4.69) is 9.97 Å². The maximum Gasteiger partial charge on any atom is 0.269 e. The predicted octanol–water partition coefficient (Wildman–Crippen LogP) is 3.83. The molecule has 0 unspecified atom stereocenters. The Morgan fingerprint density at radius 3 is 2.19 bits per heavy atom. The Balaban J connectivity index is 2.22. The van der Waals surface area contributed by atoms with Gasteiger partial charge in [0.2, 0.25) is 17.7 Å². The number of carbonyl (C=O) groups excluding carboxylic acids is 1. The molecule has 3 rings (SSSR count). The molecule has 0 atom stereocenters. The standard InChI is InChI=1S/C19H16ClN3O4/c1-26-16-11-17(27-2)22-19(21-16)23(14-9-5-4-8-13(14)20)18(25)12-7-3-6-10-15(12)24/h3-11,24H,1-2H3. The molecule has 0 saturated carbocycles. The number of carbonyl (C=O) groups is 1. The smallest absolute Gasteiger partial charge is 0.269 e. The molecule has 27 heavy (non-hydrogen) atoms. The van der Waals surface area contributed by atoms with Crippen molar-refractivity contribution in [2.24, 2.45) is 0 Å². The Kier molecular flexibility index (Phi) is 5.42. The average Bonchev–Trinajstić information content (AvgIpc) is 2.69. The van der Waals surface area contributed by atoms with Crippen molar-refractivity contribution >= 4 is 29.1 Å². The number of hydrogen-bond donors (Lipinski definition) is 1. The Morgan fingerprint density at radius 2 is 1.59 bits per heavy atom. The third-order valence-corrected chi connectivity index (χ3v) is 4.04. The molecule has 0 bridgehead atoms. The molecule has 1 aromatic heterocycles. The highest BCUT2D eigenvalue weighted by Crippen LogP contribution is 2.34. The fourth-order valence-corrected chi connectivity index (χ4v) is 2.64. The summed E-state index contributed by atoms with van der Waals surface area (Å²) in [6.07, 6.45) is 0. The number of anilines is 2. The maximum absolute atomic E-state index is 13.3. The number of aromatic nitrogens is 2. The molecule has 138 valence electrons. The molecule has 2 aromatic carbocycles. The topological polar surface area (TPSA) is 84.8 Å². The molecule has 1 amide bonds. The number of aromatic hydroxyl groups is 1. The van der Waals surface area contributed by atoms with E-state index in [1.165, 1.54) is 37.3 Å². The molecule has 8 heteroatoms. The van der Waals surface area contributed by atoms with E-state index in [0.29, 0.717) is 10.7 Å². The van der Waals surface area contributed by atoms with E-state index in [1.54, 1.807) is 36.4 Å². The van der Waals surface area contributed by atoms with Crippen molar-refractivity contribution in [1.29, 1.82) is 0 Å². The van der Waals surface area contributed by atoms with E-state index < -0.39 is 5.91 Å². The van der Waals surface area contributed by atoms with Crippen LogP contribution in [0.5, 0.6) is 17.5 Å². The lowest BCUT2D eigenvalue weighted by Crippen LogP contribution is -2.28. The van der Waals surface area contributed by atoms with Crippen molar-refractivity contribution in [1.82, 2.24) is 9.97 Å². The van der Waals surface area contributed by atoms with E-state index in [-0.39, 0.29) is 29.0 Å². The molecule has 0 aliphatic rings. The van der Waals surface area contributed by atoms with Gasteiger partial charge in [0.25, 0.3) is 5.91 Å². The van der Waals surface area contributed by atoms with Gasteiger partial charge in [0.15, 0.2) is 0 Å². The summed E-state index contributed by atoms with van der Waals surface area (Å²) in [4.78, 5) is 23.0. The highest BCUT2D eigenvalue weighted by atomic mass is 35.5. The van der Waals surface area contributed by atoms with Crippen molar-refractivity contribution in [3.05, 3.63) is 65.2 Å². The molecular weight excluding hydrogens is 370 g/mol. The first-order valence-corrected chi connectivity index (χ1v) is 8.27. The molecule has 0 radical (unpaired) electrons. The van der Waals surface area contributed by atoms with Crippen LogP contribution in [0.4, 0.5) is 11.6 Å². The molecule has 1 heterocycles. The van der Waals surface area contributed by atoms with E-state index in [1.807, 2.05) is 0 Å². The van der Waals surface area contributed by atoms with Gasteiger partial charge in [0.1, 0.15) is 5.75 Å². The molecule has 0 spiro atoms. The summed E-state index contributed by atoms with van der Waals surface area (Å²) < 4.78 is 10.3. The van der Waals surface area contributed by atoms with Gasteiger partial charge in [-0.3, -0.25) is 4.79 Å². The normalized spacial score (nSPS) is 10.3. The van der Waals surface area contributed by atoms with E-state index in [4.69, 9.17) is 21.1 Å². The number of ether oxygens (including phenoxy) is 2. The van der Waals surface area contributed by atoms with E-state index in [9.17, 15) is 9.90 Å². The molecule has 1 N–H and O–H groups in total. The number of methoxy groups -OCH3 is 2. The number of hydrogen-bond acceptors (Lipinski definition) is 6. The zero-order chi connectivity index (χ0) is 19.4. The quantitative estimate of drug-likeness (QED) is 0.718. The lowest BCUT2D eigenvalue weighted by atomic mass is 10.1. The molecular formula is C19H16ClN3O4. The minimum absolute atomic E-state index is 0.00690.